The van der Waals surface area contributed by atoms with Gasteiger partial charge in [0.25, 0.3) is 0 Å². The number of nitrogens with one attached hydrogen (secondary N) is 1. The number of hydrogen-bond donors (Lipinski definition) is 1. The average Bonchev–Trinajstić information content (AvgIpc) is 2.36. The van der Waals surface area contributed by atoms with E-state index in [4.69, 9.17) is 9.47 Å². The summed E-state index contributed by atoms with van der Waals surface area (Å²) >= 11 is 3.40. The van der Waals surface area contributed by atoms with Crippen molar-refractivity contribution in [3.05, 3.63) is 28.7 Å². The first kappa shape index (κ1) is 15.5. The lowest BCUT2D eigenvalue weighted by Gasteiger charge is -2.15. The van der Waals surface area contributed by atoms with Crippen molar-refractivity contribution in [2.75, 3.05) is 26.3 Å². The van der Waals surface area contributed by atoms with Gasteiger partial charge in [-0.2, -0.15) is 0 Å². The highest BCUT2D eigenvalue weighted by Crippen LogP contribution is 2.16. The number of benzene rings is 1. The van der Waals surface area contributed by atoms with Crippen molar-refractivity contribution in [1.29, 1.82) is 0 Å². The second-order valence-corrected chi connectivity index (χ2v) is 5.05. The lowest BCUT2D eigenvalue weighted by atomic mass is 10.3. The van der Waals surface area contributed by atoms with Crippen molar-refractivity contribution in [3.63, 3.8) is 0 Å². The summed E-state index contributed by atoms with van der Waals surface area (Å²) in [7, 11) is 0. The second-order valence-electron chi connectivity index (χ2n) is 4.14. The molecule has 0 saturated heterocycles. The van der Waals surface area contributed by atoms with Gasteiger partial charge in [-0.1, -0.05) is 15.9 Å². The maximum absolute atomic E-state index is 5.78. The molecule has 102 valence electrons. The molecule has 1 aromatic carbocycles. The zero-order valence-corrected chi connectivity index (χ0v) is 12.7. The van der Waals surface area contributed by atoms with Crippen LogP contribution in [0.4, 0.5) is 0 Å². The number of rotatable bonds is 9. The van der Waals surface area contributed by atoms with Crippen molar-refractivity contribution in [1.82, 2.24) is 5.32 Å². The molecule has 1 aromatic rings. The van der Waals surface area contributed by atoms with Gasteiger partial charge >= 0.3 is 0 Å². The van der Waals surface area contributed by atoms with E-state index in [9.17, 15) is 0 Å². The van der Waals surface area contributed by atoms with Gasteiger partial charge in [-0.15, -0.1) is 0 Å². The highest BCUT2D eigenvalue weighted by molar-refractivity contribution is 9.10. The van der Waals surface area contributed by atoms with Crippen LogP contribution >= 0.6 is 15.9 Å². The summed E-state index contributed by atoms with van der Waals surface area (Å²) in [4.78, 5) is 0. The zero-order valence-electron chi connectivity index (χ0n) is 11.1. The molecule has 1 unspecified atom stereocenters. The molecule has 0 fully saturated rings. The van der Waals surface area contributed by atoms with Crippen LogP contribution in [0.3, 0.4) is 0 Å². The lowest BCUT2D eigenvalue weighted by molar-refractivity contribution is 0.143. The summed E-state index contributed by atoms with van der Waals surface area (Å²) in [6.45, 7) is 7.52. The maximum Gasteiger partial charge on any atom is 0.119 e. The van der Waals surface area contributed by atoms with E-state index in [0.29, 0.717) is 0 Å². The standard InChI is InChI=1S/C14H22BrNO2/c1-3-17-10-4-9-16-11-12(2)18-14-7-5-13(15)6-8-14/h5-8,12,16H,3-4,9-11H2,1-2H3. The zero-order chi connectivity index (χ0) is 13.2. The first-order valence-electron chi connectivity index (χ1n) is 6.43. The normalized spacial score (nSPS) is 12.4. The van der Waals surface area contributed by atoms with Crippen LogP contribution in [0.25, 0.3) is 0 Å². The molecular weight excluding hydrogens is 294 g/mol. The molecule has 1 atom stereocenters. The third kappa shape index (κ3) is 6.99. The van der Waals surface area contributed by atoms with Gasteiger partial charge < -0.3 is 14.8 Å². The molecule has 0 aliphatic heterocycles. The Hall–Kier alpha value is -0.580. The predicted molar refractivity (Wildman–Crippen MR) is 78.2 cm³/mol. The molecule has 1 rings (SSSR count). The summed E-state index contributed by atoms with van der Waals surface area (Å²) < 4.78 is 12.1. The van der Waals surface area contributed by atoms with Crippen LogP contribution in [0.1, 0.15) is 20.3 Å². The molecular formula is C14H22BrNO2. The van der Waals surface area contributed by atoms with Gasteiger partial charge in [-0.25, -0.2) is 0 Å². The van der Waals surface area contributed by atoms with E-state index in [2.05, 4.69) is 28.2 Å². The highest BCUT2D eigenvalue weighted by atomic mass is 79.9. The molecule has 0 saturated carbocycles. The number of ether oxygens (including phenoxy) is 2. The minimum atomic E-state index is 0.165. The first-order chi connectivity index (χ1) is 8.72. The number of halogens is 1. The van der Waals surface area contributed by atoms with Crippen LogP contribution in [0.15, 0.2) is 28.7 Å². The average molecular weight is 316 g/mol. The van der Waals surface area contributed by atoms with E-state index < -0.39 is 0 Å². The molecule has 0 spiro atoms. The molecule has 0 aliphatic carbocycles. The third-order valence-corrected chi connectivity index (χ3v) is 2.96. The van der Waals surface area contributed by atoms with Crippen molar-refractivity contribution in [2.24, 2.45) is 0 Å². The van der Waals surface area contributed by atoms with Crippen LogP contribution in [-0.4, -0.2) is 32.4 Å². The van der Waals surface area contributed by atoms with Crippen LogP contribution < -0.4 is 10.1 Å². The van der Waals surface area contributed by atoms with Gasteiger partial charge in [-0.05, 0) is 51.1 Å². The van der Waals surface area contributed by atoms with E-state index in [1.807, 2.05) is 31.2 Å². The van der Waals surface area contributed by atoms with Gasteiger partial charge in [0.05, 0.1) is 0 Å². The summed E-state index contributed by atoms with van der Waals surface area (Å²) in [5, 5.41) is 3.36. The fourth-order valence-electron chi connectivity index (χ4n) is 1.54. The minimum Gasteiger partial charge on any atom is -0.489 e. The maximum atomic E-state index is 5.78. The molecule has 0 amide bonds. The quantitative estimate of drug-likeness (QED) is 0.710. The molecule has 0 radical (unpaired) electrons. The highest BCUT2D eigenvalue weighted by Gasteiger charge is 2.03. The Labute approximate surface area is 118 Å². The van der Waals surface area contributed by atoms with E-state index >= 15 is 0 Å². The fraction of sp³-hybridized carbons (Fsp3) is 0.571. The Morgan fingerprint density at radius 3 is 2.67 bits per heavy atom. The van der Waals surface area contributed by atoms with Crippen LogP contribution in [0, 0.1) is 0 Å². The third-order valence-electron chi connectivity index (χ3n) is 2.43. The van der Waals surface area contributed by atoms with E-state index in [1.165, 1.54) is 0 Å². The van der Waals surface area contributed by atoms with E-state index in [-0.39, 0.29) is 6.10 Å². The molecule has 0 aromatic heterocycles. The molecule has 0 bridgehead atoms. The Bertz CT molecular complexity index is 316. The van der Waals surface area contributed by atoms with Crippen molar-refractivity contribution >= 4 is 15.9 Å². The Morgan fingerprint density at radius 2 is 2.00 bits per heavy atom. The van der Waals surface area contributed by atoms with Gasteiger partial charge in [0.2, 0.25) is 0 Å². The Balaban J connectivity index is 2.10. The monoisotopic (exact) mass is 315 g/mol. The van der Waals surface area contributed by atoms with E-state index in [1.54, 1.807) is 0 Å². The van der Waals surface area contributed by atoms with Gasteiger partial charge in [0.15, 0.2) is 0 Å². The van der Waals surface area contributed by atoms with Gasteiger partial charge in [0, 0.05) is 24.2 Å². The molecule has 4 heteroatoms. The van der Waals surface area contributed by atoms with Crippen molar-refractivity contribution in [2.45, 2.75) is 26.4 Å². The predicted octanol–water partition coefficient (Wildman–Crippen LogP) is 3.23. The minimum absolute atomic E-state index is 0.165. The topological polar surface area (TPSA) is 30.5 Å². The van der Waals surface area contributed by atoms with Gasteiger partial charge in [-0.3, -0.25) is 0 Å². The number of hydrogen-bond acceptors (Lipinski definition) is 3. The fourth-order valence-corrected chi connectivity index (χ4v) is 1.80. The Kier molecular flexibility index (Phi) is 8.05. The van der Waals surface area contributed by atoms with Gasteiger partial charge in [0.1, 0.15) is 11.9 Å². The SMILES string of the molecule is CCOCCCNCC(C)Oc1ccc(Br)cc1. The van der Waals surface area contributed by atoms with Crippen molar-refractivity contribution < 1.29 is 9.47 Å². The Morgan fingerprint density at radius 1 is 1.28 bits per heavy atom. The van der Waals surface area contributed by atoms with E-state index in [0.717, 1.165) is 42.9 Å². The van der Waals surface area contributed by atoms with Crippen LogP contribution in [0.5, 0.6) is 5.75 Å². The molecule has 18 heavy (non-hydrogen) atoms. The second kappa shape index (κ2) is 9.36. The summed E-state index contributed by atoms with van der Waals surface area (Å²) in [5.74, 6) is 0.904. The summed E-state index contributed by atoms with van der Waals surface area (Å²) in [6, 6.07) is 7.90. The summed E-state index contributed by atoms with van der Waals surface area (Å²) in [5.41, 5.74) is 0. The summed E-state index contributed by atoms with van der Waals surface area (Å²) in [6.07, 6.45) is 1.21. The molecule has 0 heterocycles. The lowest BCUT2D eigenvalue weighted by Crippen LogP contribution is -2.30. The smallest absolute Gasteiger partial charge is 0.119 e. The van der Waals surface area contributed by atoms with Crippen molar-refractivity contribution in [3.8, 4) is 5.75 Å². The molecule has 3 nitrogen and oxygen atoms in total. The molecule has 1 N–H and O–H groups in total. The van der Waals surface area contributed by atoms with Crippen LogP contribution in [0.2, 0.25) is 0 Å². The largest absolute Gasteiger partial charge is 0.489 e. The molecule has 0 aliphatic rings. The van der Waals surface area contributed by atoms with Crippen LogP contribution in [-0.2, 0) is 4.74 Å². The first-order valence-corrected chi connectivity index (χ1v) is 7.22.